The van der Waals surface area contributed by atoms with Crippen LogP contribution in [0.3, 0.4) is 0 Å². The fourth-order valence-electron chi connectivity index (χ4n) is 3.46. The average molecular weight is 712 g/mol. The van der Waals surface area contributed by atoms with E-state index in [9.17, 15) is 13.2 Å². The molecule has 0 aliphatic heterocycles. The summed E-state index contributed by atoms with van der Waals surface area (Å²) in [5, 5.41) is 0. The van der Waals surface area contributed by atoms with Crippen molar-refractivity contribution in [2.75, 3.05) is 0 Å². The van der Waals surface area contributed by atoms with Crippen LogP contribution >= 0.6 is 0 Å². The van der Waals surface area contributed by atoms with E-state index < -0.39 is 0 Å². The normalized spacial score (nSPS) is 9.68. The maximum atomic E-state index is 12.6. The smallest absolute Gasteiger partial charge is 0.123 e. The second kappa shape index (κ2) is 15.8. The Bertz CT molecular complexity index is 1340. The largest absolute Gasteiger partial charge is 0.256 e. The Hall–Kier alpha value is -4.45. The van der Waals surface area contributed by atoms with E-state index >= 15 is 0 Å². The summed E-state index contributed by atoms with van der Waals surface area (Å²) in [6, 6.07) is 35.9. The molecule has 0 spiro atoms. The van der Waals surface area contributed by atoms with Crippen LogP contribution in [-0.4, -0.2) is 15.0 Å². The number of rotatable bonds is 3. The molecule has 6 aromatic rings. The van der Waals surface area contributed by atoms with Crippen molar-refractivity contribution < 1.29 is 33.3 Å². The molecule has 3 aromatic heterocycles. The molecule has 0 saturated heterocycles. The van der Waals surface area contributed by atoms with Crippen LogP contribution in [0.1, 0.15) is 0 Å². The Kier molecular flexibility index (Phi) is 11.9. The van der Waals surface area contributed by atoms with Gasteiger partial charge in [-0.15, -0.1) is 0 Å². The number of halogens is 3. The zero-order valence-electron chi connectivity index (χ0n) is 21.2. The zero-order valence-corrected chi connectivity index (χ0v) is 23.6. The van der Waals surface area contributed by atoms with Crippen LogP contribution < -0.4 is 0 Å². The van der Waals surface area contributed by atoms with Crippen molar-refractivity contribution >= 4 is 0 Å². The summed E-state index contributed by atoms with van der Waals surface area (Å²) in [7, 11) is 0. The second-order valence-corrected chi connectivity index (χ2v) is 8.17. The van der Waals surface area contributed by atoms with Crippen LogP contribution in [0.25, 0.3) is 33.8 Å². The SMILES string of the molecule is Fc1ccc(-c2ccccn2)cc1.Fc1ccc(-c2ccccn2)cc1.Fc1ccc(-c2ccccn2)cc1.[Ir]. The van der Waals surface area contributed by atoms with E-state index in [1.54, 1.807) is 55.0 Å². The van der Waals surface area contributed by atoms with E-state index in [1.807, 2.05) is 54.6 Å². The Morgan fingerprint density at radius 2 is 0.575 bits per heavy atom. The summed E-state index contributed by atoms with van der Waals surface area (Å²) in [5.74, 6) is -0.668. The summed E-state index contributed by atoms with van der Waals surface area (Å²) >= 11 is 0. The van der Waals surface area contributed by atoms with Gasteiger partial charge in [-0.05, 0) is 109 Å². The molecule has 40 heavy (non-hydrogen) atoms. The van der Waals surface area contributed by atoms with Crippen molar-refractivity contribution in [3.05, 3.63) is 163 Å². The van der Waals surface area contributed by atoms with Crippen molar-refractivity contribution in [2.24, 2.45) is 0 Å². The minimum absolute atomic E-state index is 0. The average Bonchev–Trinajstić information content (AvgIpc) is 3.00. The van der Waals surface area contributed by atoms with Gasteiger partial charge in [0, 0.05) is 55.4 Å². The Labute approximate surface area is 244 Å². The molecule has 3 nitrogen and oxygen atoms in total. The van der Waals surface area contributed by atoms with Gasteiger partial charge in [-0.2, -0.15) is 0 Å². The number of hydrogen-bond acceptors (Lipinski definition) is 3. The molecule has 201 valence electrons. The van der Waals surface area contributed by atoms with Gasteiger partial charge >= 0.3 is 0 Å². The van der Waals surface area contributed by atoms with Gasteiger partial charge in [0.2, 0.25) is 0 Å². The number of pyridine rings is 3. The van der Waals surface area contributed by atoms with Crippen molar-refractivity contribution in [1.29, 1.82) is 0 Å². The monoisotopic (exact) mass is 712 g/mol. The van der Waals surface area contributed by atoms with E-state index in [0.717, 1.165) is 33.8 Å². The first-order valence-electron chi connectivity index (χ1n) is 12.1. The van der Waals surface area contributed by atoms with Crippen LogP contribution in [0.5, 0.6) is 0 Å². The second-order valence-electron chi connectivity index (χ2n) is 8.17. The van der Waals surface area contributed by atoms with E-state index in [1.165, 1.54) is 36.4 Å². The van der Waals surface area contributed by atoms with Gasteiger partial charge in [-0.1, -0.05) is 18.2 Å². The maximum Gasteiger partial charge on any atom is 0.123 e. The van der Waals surface area contributed by atoms with Crippen LogP contribution in [0, 0.1) is 17.5 Å². The topological polar surface area (TPSA) is 38.7 Å². The minimum Gasteiger partial charge on any atom is -0.256 e. The van der Waals surface area contributed by atoms with E-state index in [4.69, 9.17) is 0 Å². The predicted molar refractivity (Wildman–Crippen MR) is 149 cm³/mol. The third-order valence-electron chi connectivity index (χ3n) is 5.41. The molecular weight excluding hydrogens is 688 g/mol. The number of nitrogens with zero attached hydrogens (tertiary/aromatic N) is 3. The van der Waals surface area contributed by atoms with Gasteiger partial charge in [0.25, 0.3) is 0 Å². The first kappa shape index (κ1) is 30.1. The summed E-state index contributed by atoms with van der Waals surface area (Å²) in [4.78, 5) is 12.5. The van der Waals surface area contributed by atoms with Crippen molar-refractivity contribution in [1.82, 2.24) is 15.0 Å². The molecule has 7 heteroatoms. The summed E-state index contributed by atoms with van der Waals surface area (Å²) in [5.41, 5.74) is 5.39. The molecular formula is C33H24F3IrN3. The van der Waals surface area contributed by atoms with Crippen molar-refractivity contribution in [3.63, 3.8) is 0 Å². The van der Waals surface area contributed by atoms with Gasteiger partial charge in [0.15, 0.2) is 0 Å². The van der Waals surface area contributed by atoms with Gasteiger partial charge in [0.05, 0.1) is 17.1 Å². The molecule has 0 aliphatic carbocycles. The molecule has 0 N–H and O–H groups in total. The van der Waals surface area contributed by atoms with Gasteiger partial charge in [-0.25, -0.2) is 13.2 Å². The molecule has 0 bridgehead atoms. The Balaban J connectivity index is 0.000000163. The predicted octanol–water partition coefficient (Wildman–Crippen LogP) is 8.66. The van der Waals surface area contributed by atoms with E-state index in [2.05, 4.69) is 15.0 Å². The number of benzene rings is 3. The minimum atomic E-state index is -0.223. The molecule has 1 radical (unpaired) electrons. The molecule has 0 unspecified atom stereocenters. The van der Waals surface area contributed by atoms with Crippen LogP contribution in [0.4, 0.5) is 13.2 Å². The van der Waals surface area contributed by atoms with Crippen molar-refractivity contribution in [2.45, 2.75) is 0 Å². The summed E-state index contributed by atoms with van der Waals surface area (Å²) < 4.78 is 37.7. The van der Waals surface area contributed by atoms with Gasteiger partial charge < -0.3 is 0 Å². The molecule has 0 fully saturated rings. The third kappa shape index (κ3) is 9.38. The molecule has 6 rings (SSSR count). The quantitative estimate of drug-likeness (QED) is 0.185. The van der Waals surface area contributed by atoms with Crippen molar-refractivity contribution in [3.8, 4) is 33.8 Å². The van der Waals surface area contributed by atoms with Crippen LogP contribution in [0.2, 0.25) is 0 Å². The first-order valence-corrected chi connectivity index (χ1v) is 12.1. The van der Waals surface area contributed by atoms with E-state index in [-0.39, 0.29) is 37.6 Å². The fourth-order valence-corrected chi connectivity index (χ4v) is 3.46. The Morgan fingerprint density at radius 3 is 0.775 bits per heavy atom. The van der Waals surface area contributed by atoms with Crippen LogP contribution in [-0.2, 0) is 20.1 Å². The summed E-state index contributed by atoms with van der Waals surface area (Å²) in [6.07, 6.45) is 5.16. The first-order chi connectivity index (χ1) is 19.1. The molecule has 3 heterocycles. The van der Waals surface area contributed by atoms with E-state index in [0.29, 0.717) is 0 Å². The maximum absolute atomic E-state index is 12.6. The summed E-state index contributed by atoms with van der Waals surface area (Å²) in [6.45, 7) is 0. The fraction of sp³-hybridized carbons (Fsp3) is 0. The zero-order chi connectivity index (χ0) is 27.3. The van der Waals surface area contributed by atoms with Crippen LogP contribution in [0.15, 0.2) is 146 Å². The molecule has 0 aliphatic rings. The molecule has 3 aromatic carbocycles. The standard InChI is InChI=1S/3C11H8FN.Ir/c3*12-10-6-4-9(5-7-10)11-3-1-2-8-13-11;/h3*1-8H;. The number of aromatic nitrogens is 3. The Morgan fingerprint density at radius 1 is 0.325 bits per heavy atom. The number of hydrogen-bond donors (Lipinski definition) is 0. The third-order valence-corrected chi connectivity index (χ3v) is 5.41. The van der Waals surface area contributed by atoms with Gasteiger partial charge in [0.1, 0.15) is 17.5 Å². The molecule has 0 saturated carbocycles. The molecule has 0 amide bonds. The van der Waals surface area contributed by atoms with Gasteiger partial charge in [-0.3, -0.25) is 15.0 Å². The molecule has 0 atom stereocenters.